The number of aromatic nitrogens is 2. The number of thiazole rings is 2. The first-order valence-electron chi connectivity index (χ1n) is 6.64. The van der Waals surface area contributed by atoms with E-state index in [0.29, 0.717) is 6.04 Å². The Morgan fingerprint density at radius 2 is 2.00 bits per heavy atom. The second-order valence-corrected chi connectivity index (χ2v) is 6.54. The molecule has 0 radical (unpaired) electrons. The van der Waals surface area contributed by atoms with Crippen molar-refractivity contribution in [1.29, 1.82) is 0 Å². The van der Waals surface area contributed by atoms with Gasteiger partial charge in [0.25, 0.3) is 0 Å². The summed E-state index contributed by atoms with van der Waals surface area (Å²) in [5.41, 5.74) is 1.97. The Balaban J connectivity index is 1.82. The van der Waals surface area contributed by atoms with Gasteiger partial charge in [0.05, 0.1) is 0 Å². The van der Waals surface area contributed by atoms with E-state index in [1.165, 1.54) is 19.3 Å². The number of nitrogens with one attached hydrogen (secondary N) is 1. The van der Waals surface area contributed by atoms with Crippen LogP contribution in [0.25, 0.3) is 11.4 Å². The van der Waals surface area contributed by atoms with Crippen LogP contribution in [0, 0.1) is 0 Å². The van der Waals surface area contributed by atoms with Gasteiger partial charge < -0.3 is 10.2 Å². The maximum Gasteiger partial charge on any atom is 0.186 e. The molecule has 1 unspecified atom stereocenters. The van der Waals surface area contributed by atoms with Crippen LogP contribution in [0.1, 0.15) is 26.2 Å². The van der Waals surface area contributed by atoms with Crippen LogP contribution in [0.2, 0.25) is 0 Å². The molecule has 1 atom stereocenters. The van der Waals surface area contributed by atoms with Gasteiger partial charge in [0, 0.05) is 30.4 Å². The van der Waals surface area contributed by atoms with Gasteiger partial charge >= 0.3 is 0 Å². The lowest BCUT2D eigenvalue weighted by Gasteiger charge is -2.33. The van der Waals surface area contributed by atoms with Crippen LogP contribution in [-0.4, -0.2) is 29.6 Å². The molecule has 2 aromatic rings. The Morgan fingerprint density at radius 3 is 2.74 bits per heavy atom. The summed E-state index contributed by atoms with van der Waals surface area (Å²) in [5, 5.41) is 9.32. The Morgan fingerprint density at radius 1 is 1.21 bits per heavy atom. The first kappa shape index (κ1) is 12.9. The Bertz CT molecular complexity index is 548. The average Bonchev–Trinajstić information content (AvgIpc) is 3.08. The van der Waals surface area contributed by atoms with E-state index in [2.05, 4.69) is 32.9 Å². The van der Waals surface area contributed by atoms with Gasteiger partial charge in [-0.3, -0.25) is 0 Å². The highest BCUT2D eigenvalue weighted by Crippen LogP contribution is 2.32. The lowest BCUT2D eigenvalue weighted by atomic mass is 10.1. The smallest absolute Gasteiger partial charge is 0.186 e. The molecule has 0 aromatic carbocycles. The third-order valence-electron chi connectivity index (χ3n) is 3.52. The van der Waals surface area contributed by atoms with E-state index in [1.807, 2.05) is 7.05 Å². The normalized spacial score (nSPS) is 19.7. The molecule has 1 aliphatic rings. The van der Waals surface area contributed by atoms with Crippen molar-refractivity contribution in [2.75, 3.05) is 23.8 Å². The highest BCUT2D eigenvalue weighted by molar-refractivity contribution is 7.14. The van der Waals surface area contributed by atoms with Crippen LogP contribution in [0.15, 0.2) is 10.8 Å². The highest BCUT2D eigenvalue weighted by atomic mass is 32.1. The summed E-state index contributed by atoms with van der Waals surface area (Å²) >= 11 is 3.35. The largest absolute Gasteiger partial charge is 0.365 e. The maximum absolute atomic E-state index is 4.76. The first-order chi connectivity index (χ1) is 9.28. The molecule has 1 saturated heterocycles. The molecular formula is C13H18N4S2. The predicted octanol–water partition coefficient (Wildman–Crippen LogP) is 3.69. The minimum atomic E-state index is 0.607. The summed E-state index contributed by atoms with van der Waals surface area (Å²) in [7, 11) is 1.89. The van der Waals surface area contributed by atoms with Crippen LogP contribution >= 0.6 is 22.7 Å². The zero-order valence-corrected chi connectivity index (χ0v) is 12.9. The summed E-state index contributed by atoms with van der Waals surface area (Å²) in [6.45, 7) is 3.43. The molecule has 0 bridgehead atoms. The van der Waals surface area contributed by atoms with E-state index in [4.69, 9.17) is 4.98 Å². The fourth-order valence-corrected chi connectivity index (χ4v) is 4.02. The first-order valence-corrected chi connectivity index (χ1v) is 8.39. The van der Waals surface area contributed by atoms with Crippen LogP contribution in [-0.2, 0) is 0 Å². The summed E-state index contributed by atoms with van der Waals surface area (Å²) in [4.78, 5) is 11.7. The van der Waals surface area contributed by atoms with Gasteiger partial charge in [-0.25, -0.2) is 9.97 Å². The lowest BCUT2D eigenvalue weighted by molar-refractivity contribution is 0.484. The molecule has 2 aromatic heterocycles. The van der Waals surface area contributed by atoms with Crippen molar-refractivity contribution < 1.29 is 0 Å². The number of anilines is 2. The average molecular weight is 294 g/mol. The van der Waals surface area contributed by atoms with Crippen molar-refractivity contribution >= 4 is 32.9 Å². The van der Waals surface area contributed by atoms with Crippen molar-refractivity contribution in [2.45, 2.75) is 32.2 Å². The molecule has 1 fully saturated rings. The van der Waals surface area contributed by atoms with Crippen molar-refractivity contribution in [1.82, 2.24) is 9.97 Å². The fraction of sp³-hybridized carbons (Fsp3) is 0.538. The standard InChI is InChI=1S/C13H18N4S2/c1-9-5-3-4-6-17(9)13-16-11(8-19-13)10-7-18-12(14-2)15-10/h7-9H,3-6H2,1-2H3,(H,14,15). The second kappa shape index (κ2) is 5.46. The maximum atomic E-state index is 4.76. The molecule has 19 heavy (non-hydrogen) atoms. The zero-order chi connectivity index (χ0) is 13.2. The molecule has 6 heteroatoms. The van der Waals surface area contributed by atoms with E-state index in [-0.39, 0.29) is 0 Å². The van der Waals surface area contributed by atoms with Crippen LogP contribution in [0.3, 0.4) is 0 Å². The number of piperidine rings is 1. The molecule has 1 aliphatic heterocycles. The van der Waals surface area contributed by atoms with Crippen molar-refractivity contribution in [2.24, 2.45) is 0 Å². The molecule has 0 saturated carbocycles. The zero-order valence-electron chi connectivity index (χ0n) is 11.2. The van der Waals surface area contributed by atoms with Gasteiger partial charge in [-0.2, -0.15) is 0 Å². The molecule has 0 amide bonds. The van der Waals surface area contributed by atoms with E-state index in [9.17, 15) is 0 Å². The summed E-state index contributed by atoms with van der Waals surface area (Å²) in [6, 6.07) is 0.607. The fourth-order valence-electron chi connectivity index (χ4n) is 2.40. The van der Waals surface area contributed by atoms with Crippen LogP contribution in [0.4, 0.5) is 10.3 Å². The highest BCUT2D eigenvalue weighted by Gasteiger charge is 2.21. The molecule has 102 valence electrons. The SMILES string of the molecule is CNc1nc(-c2csc(N3CCCCC3C)n2)cs1. The van der Waals surface area contributed by atoms with Crippen LogP contribution in [0.5, 0.6) is 0 Å². The third-order valence-corrected chi connectivity index (χ3v) is 5.26. The predicted molar refractivity (Wildman–Crippen MR) is 83.4 cm³/mol. The number of nitrogens with zero attached hydrogens (tertiary/aromatic N) is 3. The van der Waals surface area contributed by atoms with Gasteiger partial charge in [-0.15, -0.1) is 22.7 Å². The molecular weight excluding hydrogens is 276 g/mol. The Labute approximate surface area is 121 Å². The minimum Gasteiger partial charge on any atom is -0.365 e. The quantitative estimate of drug-likeness (QED) is 0.937. The third kappa shape index (κ3) is 2.60. The van der Waals surface area contributed by atoms with Gasteiger partial charge in [0.15, 0.2) is 10.3 Å². The summed E-state index contributed by atoms with van der Waals surface area (Å²) in [6.07, 6.45) is 3.89. The molecule has 3 heterocycles. The van der Waals surface area contributed by atoms with E-state index in [1.54, 1.807) is 22.7 Å². The van der Waals surface area contributed by atoms with Crippen molar-refractivity contribution in [3.05, 3.63) is 10.8 Å². The van der Waals surface area contributed by atoms with E-state index >= 15 is 0 Å². The number of hydrogen-bond donors (Lipinski definition) is 1. The van der Waals surface area contributed by atoms with Gasteiger partial charge in [0.1, 0.15) is 11.4 Å². The monoisotopic (exact) mass is 294 g/mol. The Hall–Kier alpha value is -1.14. The molecule has 0 aliphatic carbocycles. The number of hydrogen-bond acceptors (Lipinski definition) is 6. The number of rotatable bonds is 3. The molecule has 1 N–H and O–H groups in total. The molecule has 4 nitrogen and oxygen atoms in total. The van der Waals surface area contributed by atoms with Crippen LogP contribution < -0.4 is 10.2 Å². The topological polar surface area (TPSA) is 41.1 Å². The lowest BCUT2D eigenvalue weighted by Crippen LogP contribution is -2.37. The van der Waals surface area contributed by atoms with Crippen molar-refractivity contribution in [3.8, 4) is 11.4 Å². The second-order valence-electron chi connectivity index (χ2n) is 4.84. The summed E-state index contributed by atoms with van der Waals surface area (Å²) in [5.74, 6) is 0. The van der Waals surface area contributed by atoms with Gasteiger partial charge in [-0.05, 0) is 26.2 Å². The van der Waals surface area contributed by atoms with Gasteiger partial charge in [0.2, 0.25) is 0 Å². The Kier molecular flexibility index (Phi) is 3.70. The van der Waals surface area contributed by atoms with Crippen molar-refractivity contribution in [3.63, 3.8) is 0 Å². The molecule has 3 rings (SSSR count). The van der Waals surface area contributed by atoms with E-state index < -0.39 is 0 Å². The molecule has 0 spiro atoms. The van der Waals surface area contributed by atoms with E-state index in [0.717, 1.165) is 28.2 Å². The van der Waals surface area contributed by atoms with Gasteiger partial charge in [-0.1, -0.05) is 0 Å². The minimum absolute atomic E-state index is 0.607. The summed E-state index contributed by atoms with van der Waals surface area (Å²) < 4.78 is 0.